The van der Waals surface area contributed by atoms with Crippen LogP contribution in [0.5, 0.6) is 23.0 Å². The fourth-order valence-electron chi connectivity index (χ4n) is 4.15. The van der Waals surface area contributed by atoms with Gasteiger partial charge in [0.25, 0.3) is 5.91 Å². The molecule has 1 atom stereocenters. The predicted molar refractivity (Wildman–Crippen MR) is 129 cm³/mol. The van der Waals surface area contributed by atoms with E-state index in [0.717, 1.165) is 49.8 Å². The summed E-state index contributed by atoms with van der Waals surface area (Å²) in [4.78, 5) is 17.2. The van der Waals surface area contributed by atoms with Crippen LogP contribution in [0.2, 0.25) is 0 Å². The van der Waals surface area contributed by atoms with Gasteiger partial charge in [-0.2, -0.15) is 5.26 Å². The molecule has 9 heteroatoms. The lowest BCUT2D eigenvalue weighted by Gasteiger charge is -2.34. The van der Waals surface area contributed by atoms with Gasteiger partial charge in [0.1, 0.15) is 11.6 Å². The van der Waals surface area contributed by atoms with E-state index in [1.54, 1.807) is 26.5 Å². The molecule has 1 fully saturated rings. The Morgan fingerprint density at radius 1 is 1.09 bits per heavy atom. The van der Waals surface area contributed by atoms with Crippen LogP contribution in [-0.2, 0) is 11.3 Å². The molecule has 1 saturated heterocycles. The first-order chi connectivity index (χ1) is 17.0. The average molecular weight is 479 g/mol. The molecule has 9 nitrogen and oxygen atoms in total. The number of fused-ring (bicyclic) bond motifs is 1. The van der Waals surface area contributed by atoms with Gasteiger partial charge in [-0.25, -0.2) is 0 Å². The van der Waals surface area contributed by atoms with Crippen molar-refractivity contribution in [1.82, 2.24) is 15.1 Å². The van der Waals surface area contributed by atoms with Gasteiger partial charge in [0.15, 0.2) is 23.0 Å². The number of nitrogens with one attached hydrogen (secondary N) is 1. The maximum Gasteiger partial charge on any atom is 0.263 e. The normalized spacial score (nSPS) is 16.4. The summed E-state index contributed by atoms with van der Waals surface area (Å²) in [5, 5.41) is 12.5. The minimum Gasteiger partial charge on any atom is -0.493 e. The van der Waals surface area contributed by atoms with Crippen molar-refractivity contribution in [3.8, 4) is 29.1 Å². The lowest BCUT2D eigenvalue weighted by Crippen LogP contribution is -2.44. The Morgan fingerprint density at radius 2 is 1.83 bits per heavy atom. The third kappa shape index (κ3) is 5.78. The first-order valence-electron chi connectivity index (χ1n) is 11.5. The Kier molecular flexibility index (Phi) is 7.63. The lowest BCUT2D eigenvalue weighted by molar-refractivity contribution is -0.117. The molecule has 1 N–H and O–H groups in total. The summed E-state index contributed by atoms with van der Waals surface area (Å²) in [5.41, 5.74) is 2.10. The monoisotopic (exact) mass is 478 g/mol. The molecule has 2 aliphatic heterocycles. The molecule has 0 aliphatic carbocycles. The standard InChI is InChI=1S/C26H30N4O5/c1-18(20-5-7-22(32-2)24(13-20)33-3)28-26(31)21(14-27)16-30-10-8-29(9-11-30)15-19-4-6-23-25(12-19)35-17-34-23/h4-7,12-13,16,18H,8-11,15,17H2,1-3H3,(H,28,31)/b21-16-. The Hall–Kier alpha value is -3.90. The van der Waals surface area contributed by atoms with Gasteiger partial charge in [-0.3, -0.25) is 9.69 Å². The fraction of sp³-hybridized carbons (Fsp3) is 0.385. The number of rotatable bonds is 8. The molecule has 1 amide bonds. The van der Waals surface area contributed by atoms with Gasteiger partial charge in [0.2, 0.25) is 6.79 Å². The fourth-order valence-corrected chi connectivity index (χ4v) is 4.15. The van der Waals surface area contributed by atoms with Crippen LogP contribution < -0.4 is 24.3 Å². The van der Waals surface area contributed by atoms with Crippen LogP contribution >= 0.6 is 0 Å². The first kappa shape index (κ1) is 24.2. The van der Waals surface area contributed by atoms with E-state index >= 15 is 0 Å². The van der Waals surface area contributed by atoms with Crippen LogP contribution in [0.1, 0.15) is 24.1 Å². The number of nitriles is 1. The average Bonchev–Trinajstić information content (AvgIpc) is 3.35. The number of benzene rings is 2. The Morgan fingerprint density at radius 3 is 2.54 bits per heavy atom. The van der Waals surface area contributed by atoms with E-state index in [9.17, 15) is 10.1 Å². The second kappa shape index (κ2) is 11.0. The largest absolute Gasteiger partial charge is 0.493 e. The lowest BCUT2D eigenvalue weighted by atomic mass is 10.1. The summed E-state index contributed by atoms with van der Waals surface area (Å²) in [5.74, 6) is 2.37. The van der Waals surface area contributed by atoms with Gasteiger partial charge in [0, 0.05) is 38.9 Å². The van der Waals surface area contributed by atoms with Gasteiger partial charge >= 0.3 is 0 Å². The van der Waals surface area contributed by atoms with Gasteiger partial charge in [-0.15, -0.1) is 0 Å². The van der Waals surface area contributed by atoms with E-state index in [1.165, 1.54) is 5.56 Å². The Balaban J connectivity index is 1.31. The summed E-state index contributed by atoms with van der Waals surface area (Å²) in [7, 11) is 3.14. The van der Waals surface area contributed by atoms with E-state index in [1.807, 2.05) is 42.2 Å². The van der Waals surface area contributed by atoms with Crippen LogP contribution in [-0.4, -0.2) is 62.9 Å². The van der Waals surface area contributed by atoms with E-state index < -0.39 is 5.91 Å². The Labute approximate surface area is 205 Å². The van der Waals surface area contributed by atoms with Crippen LogP contribution in [0.3, 0.4) is 0 Å². The maximum absolute atomic E-state index is 12.8. The molecule has 2 aromatic carbocycles. The summed E-state index contributed by atoms with van der Waals surface area (Å²) >= 11 is 0. The molecule has 0 bridgehead atoms. The van der Waals surface area contributed by atoms with Crippen LogP contribution in [0.25, 0.3) is 0 Å². The van der Waals surface area contributed by atoms with Crippen molar-refractivity contribution in [1.29, 1.82) is 5.26 Å². The summed E-state index contributed by atoms with van der Waals surface area (Å²) < 4.78 is 21.4. The van der Waals surface area contributed by atoms with Crippen LogP contribution in [0.15, 0.2) is 48.2 Å². The van der Waals surface area contributed by atoms with Crippen LogP contribution in [0, 0.1) is 11.3 Å². The van der Waals surface area contributed by atoms with E-state index in [0.29, 0.717) is 11.5 Å². The number of amides is 1. The van der Waals surface area contributed by atoms with Gasteiger partial charge in [0.05, 0.1) is 20.3 Å². The van der Waals surface area contributed by atoms with E-state index in [2.05, 4.69) is 16.3 Å². The molecule has 2 aliphatic rings. The van der Waals surface area contributed by atoms with Crippen LogP contribution in [0.4, 0.5) is 0 Å². The highest BCUT2D eigenvalue weighted by atomic mass is 16.7. The zero-order valence-corrected chi connectivity index (χ0v) is 20.2. The first-order valence-corrected chi connectivity index (χ1v) is 11.5. The van der Waals surface area contributed by atoms with Gasteiger partial charge < -0.3 is 29.2 Å². The SMILES string of the molecule is COc1ccc(C(C)NC(=O)/C(C#N)=C\N2CCN(Cc3ccc4c(c3)OCO4)CC2)cc1OC. The molecule has 4 rings (SSSR count). The highest BCUT2D eigenvalue weighted by Crippen LogP contribution is 2.33. The topological polar surface area (TPSA) is 96.3 Å². The Bertz CT molecular complexity index is 1140. The van der Waals surface area contributed by atoms with Gasteiger partial charge in [-0.1, -0.05) is 12.1 Å². The number of carbonyl (C=O) groups excluding carboxylic acids is 1. The predicted octanol–water partition coefficient (Wildman–Crippen LogP) is 2.83. The van der Waals surface area contributed by atoms with Crippen molar-refractivity contribution in [3.63, 3.8) is 0 Å². The molecule has 2 heterocycles. The molecular weight excluding hydrogens is 448 g/mol. The van der Waals surface area contributed by atoms with Crippen molar-refractivity contribution in [2.24, 2.45) is 0 Å². The second-order valence-corrected chi connectivity index (χ2v) is 8.46. The third-order valence-corrected chi connectivity index (χ3v) is 6.18. The zero-order chi connectivity index (χ0) is 24.8. The minimum atomic E-state index is -0.405. The molecular formula is C26H30N4O5. The maximum atomic E-state index is 12.8. The number of ether oxygens (including phenoxy) is 4. The molecule has 0 radical (unpaired) electrons. The highest BCUT2D eigenvalue weighted by molar-refractivity contribution is 5.97. The molecule has 0 spiro atoms. The van der Waals surface area contributed by atoms with Crippen molar-refractivity contribution in [3.05, 3.63) is 59.3 Å². The third-order valence-electron chi connectivity index (χ3n) is 6.18. The number of methoxy groups -OCH3 is 2. The van der Waals surface area contributed by atoms with Gasteiger partial charge in [-0.05, 0) is 42.3 Å². The minimum absolute atomic E-state index is 0.0848. The highest BCUT2D eigenvalue weighted by Gasteiger charge is 2.20. The quantitative estimate of drug-likeness (QED) is 0.457. The number of carbonyl (C=O) groups is 1. The second-order valence-electron chi connectivity index (χ2n) is 8.46. The van der Waals surface area contributed by atoms with Crippen molar-refractivity contribution in [2.45, 2.75) is 19.5 Å². The van der Waals surface area contributed by atoms with E-state index in [-0.39, 0.29) is 18.4 Å². The number of hydrogen-bond donors (Lipinski definition) is 1. The molecule has 1 unspecified atom stereocenters. The molecule has 0 aromatic heterocycles. The molecule has 184 valence electrons. The summed E-state index contributed by atoms with van der Waals surface area (Å²) in [6.07, 6.45) is 1.66. The molecule has 0 saturated carbocycles. The summed E-state index contributed by atoms with van der Waals surface area (Å²) in [6, 6.07) is 13.2. The molecule has 2 aromatic rings. The summed E-state index contributed by atoms with van der Waals surface area (Å²) in [6.45, 7) is 6.06. The van der Waals surface area contributed by atoms with Crippen molar-refractivity contribution < 1.29 is 23.7 Å². The zero-order valence-electron chi connectivity index (χ0n) is 20.2. The van der Waals surface area contributed by atoms with E-state index in [4.69, 9.17) is 18.9 Å². The van der Waals surface area contributed by atoms with Crippen molar-refractivity contribution >= 4 is 5.91 Å². The molecule has 35 heavy (non-hydrogen) atoms. The smallest absolute Gasteiger partial charge is 0.263 e. The van der Waals surface area contributed by atoms with Crippen molar-refractivity contribution in [2.75, 3.05) is 47.2 Å². The number of nitrogens with zero attached hydrogens (tertiary/aromatic N) is 3. The number of hydrogen-bond acceptors (Lipinski definition) is 8. The number of piperazine rings is 1.